The van der Waals surface area contributed by atoms with Crippen LogP contribution in [-0.4, -0.2) is 16.3 Å². The summed E-state index contributed by atoms with van der Waals surface area (Å²) in [5.41, 5.74) is 2.49. The Labute approximate surface area is 108 Å². The van der Waals surface area contributed by atoms with Crippen molar-refractivity contribution < 1.29 is 4.74 Å². The lowest BCUT2D eigenvalue weighted by Crippen LogP contribution is -2.13. The van der Waals surface area contributed by atoms with E-state index in [1.807, 2.05) is 19.3 Å². The lowest BCUT2D eigenvalue weighted by molar-refractivity contribution is 0.304. The largest absolute Gasteiger partial charge is 0.486 e. The highest BCUT2D eigenvalue weighted by molar-refractivity contribution is 5.27. The zero-order valence-electron chi connectivity index (χ0n) is 10.9. The van der Waals surface area contributed by atoms with Crippen molar-refractivity contribution in [3.8, 4) is 5.75 Å². The van der Waals surface area contributed by atoms with Gasteiger partial charge in [0, 0.05) is 13.6 Å². The number of hydrogen-bond acceptors (Lipinski definition) is 3. The molecule has 2 aromatic rings. The summed E-state index contributed by atoms with van der Waals surface area (Å²) in [6.07, 6.45) is 3.60. The molecule has 96 valence electrons. The molecule has 0 unspecified atom stereocenters. The highest BCUT2D eigenvalue weighted by Gasteiger charge is 2.03. The van der Waals surface area contributed by atoms with Gasteiger partial charge in [-0.15, -0.1) is 0 Å². The van der Waals surface area contributed by atoms with Gasteiger partial charge in [0.1, 0.15) is 6.61 Å². The third kappa shape index (κ3) is 3.34. The van der Waals surface area contributed by atoms with Crippen LogP contribution in [-0.2, 0) is 20.2 Å². The molecule has 1 aromatic carbocycles. The zero-order chi connectivity index (χ0) is 12.8. The van der Waals surface area contributed by atoms with Crippen molar-refractivity contribution in [3.05, 3.63) is 47.8 Å². The molecule has 0 fully saturated rings. The van der Waals surface area contributed by atoms with Crippen LogP contribution in [0.2, 0.25) is 0 Å². The Kier molecular flexibility index (Phi) is 4.36. The third-order valence-corrected chi connectivity index (χ3v) is 2.76. The Morgan fingerprint density at radius 1 is 1.28 bits per heavy atom. The number of nitrogens with zero attached hydrogens (tertiary/aromatic N) is 2. The summed E-state index contributed by atoms with van der Waals surface area (Å²) in [4.78, 5) is 0. The normalized spacial score (nSPS) is 10.6. The summed E-state index contributed by atoms with van der Waals surface area (Å²) >= 11 is 0. The van der Waals surface area contributed by atoms with E-state index < -0.39 is 0 Å². The second-order valence-corrected chi connectivity index (χ2v) is 4.19. The van der Waals surface area contributed by atoms with Crippen LogP contribution < -0.4 is 10.1 Å². The summed E-state index contributed by atoms with van der Waals surface area (Å²) in [7, 11) is 1.88. The van der Waals surface area contributed by atoms with Gasteiger partial charge < -0.3 is 10.1 Å². The lowest BCUT2D eigenvalue weighted by atomic mass is 10.1. The quantitative estimate of drug-likeness (QED) is 0.847. The number of nitrogens with one attached hydrogen (secondary N) is 1. The van der Waals surface area contributed by atoms with E-state index >= 15 is 0 Å². The molecule has 0 spiro atoms. The molecule has 0 saturated heterocycles. The number of hydrogen-bond donors (Lipinski definition) is 1. The Hall–Kier alpha value is -1.81. The molecule has 1 N–H and O–H groups in total. The maximum Gasteiger partial charge on any atom is 0.157 e. The van der Waals surface area contributed by atoms with Gasteiger partial charge in [-0.05, 0) is 17.7 Å². The number of ether oxygens (including phenoxy) is 1. The average molecular weight is 245 g/mol. The Balaban J connectivity index is 1.99. The van der Waals surface area contributed by atoms with Crippen molar-refractivity contribution >= 4 is 0 Å². The van der Waals surface area contributed by atoms with Crippen LogP contribution in [0.3, 0.4) is 0 Å². The van der Waals surface area contributed by atoms with Gasteiger partial charge >= 0.3 is 0 Å². The summed E-state index contributed by atoms with van der Waals surface area (Å²) in [5.74, 6) is 0.802. The number of aryl methyl sites for hydroxylation is 1. The first-order valence-electron chi connectivity index (χ1n) is 6.18. The van der Waals surface area contributed by atoms with Crippen LogP contribution in [0.4, 0.5) is 0 Å². The van der Waals surface area contributed by atoms with Gasteiger partial charge in [-0.3, -0.25) is 4.68 Å². The first-order valence-corrected chi connectivity index (χ1v) is 6.18. The molecular weight excluding hydrogens is 226 g/mol. The van der Waals surface area contributed by atoms with Crippen LogP contribution in [0, 0.1) is 0 Å². The molecule has 4 heteroatoms. The minimum Gasteiger partial charge on any atom is -0.486 e. The van der Waals surface area contributed by atoms with E-state index in [0.717, 1.165) is 18.8 Å². The van der Waals surface area contributed by atoms with Gasteiger partial charge in [0.2, 0.25) is 0 Å². The van der Waals surface area contributed by atoms with Crippen molar-refractivity contribution in [2.45, 2.75) is 20.1 Å². The number of rotatable bonds is 6. The summed E-state index contributed by atoms with van der Waals surface area (Å²) in [6.45, 7) is 4.53. The predicted octanol–water partition coefficient (Wildman–Crippen LogP) is 2.11. The standard InChI is InChI=1S/C14H19N3O/c1-3-15-8-12-6-4-5-7-13(12)11-18-14-9-16-17(2)10-14/h4-7,9-10,15H,3,8,11H2,1-2H3. The predicted molar refractivity (Wildman–Crippen MR) is 71.4 cm³/mol. The molecule has 0 aliphatic heterocycles. The topological polar surface area (TPSA) is 39.1 Å². The lowest BCUT2D eigenvalue weighted by Gasteiger charge is -2.10. The van der Waals surface area contributed by atoms with Crippen LogP contribution in [0.5, 0.6) is 5.75 Å². The Morgan fingerprint density at radius 3 is 2.72 bits per heavy atom. The molecule has 0 bridgehead atoms. The molecule has 0 aliphatic rings. The van der Waals surface area contributed by atoms with Gasteiger partial charge in [-0.2, -0.15) is 5.10 Å². The van der Waals surface area contributed by atoms with Crippen molar-refractivity contribution in [1.82, 2.24) is 15.1 Å². The van der Waals surface area contributed by atoms with E-state index in [2.05, 4.69) is 35.5 Å². The molecule has 4 nitrogen and oxygen atoms in total. The Bertz CT molecular complexity index is 493. The third-order valence-electron chi connectivity index (χ3n) is 2.76. The van der Waals surface area contributed by atoms with Crippen molar-refractivity contribution in [2.24, 2.45) is 7.05 Å². The molecule has 1 heterocycles. The van der Waals surface area contributed by atoms with E-state index in [-0.39, 0.29) is 0 Å². The van der Waals surface area contributed by atoms with E-state index in [9.17, 15) is 0 Å². The highest BCUT2D eigenvalue weighted by Crippen LogP contribution is 2.14. The number of aromatic nitrogens is 2. The molecule has 1 aromatic heterocycles. The minimum absolute atomic E-state index is 0.577. The fourth-order valence-corrected chi connectivity index (χ4v) is 1.76. The van der Waals surface area contributed by atoms with Gasteiger partial charge in [-0.1, -0.05) is 31.2 Å². The summed E-state index contributed by atoms with van der Waals surface area (Å²) < 4.78 is 7.46. The van der Waals surface area contributed by atoms with Crippen LogP contribution in [0.25, 0.3) is 0 Å². The summed E-state index contributed by atoms with van der Waals surface area (Å²) in [5, 5.41) is 7.42. The average Bonchev–Trinajstić information content (AvgIpc) is 2.81. The van der Waals surface area contributed by atoms with Gasteiger partial charge in [-0.25, -0.2) is 0 Å². The fraction of sp³-hybridized carbons (Fsp3) is 0.357. The van der Waals surface area contributed by atoms with E-state index in [4.69, 9.17) is 4.74 Å². The first-order chi connectivity index (χ1) is 8.79. The van der Waals surface area contributed by atoms with Crippen molar-refractivity contribution in [1.29, 1.82) is 0 Å². The minimum atomic E-state index is 0.577. The zero-order valence-corrected chi connectivity index (χ0v) is 10.9. The monoisotopic (exact) mass is 245 g/mol. The molecule has 0 saturated carbocycles. The van der Waals surface area contributed by atoms with E-state index in [1.54, 1.807) is 10.9 Å². The number of benzene rings is 1. The molecule has 0 radical (unpaired) electrons. The van der Waals surface area contributed by atoms with Gasteiger partial charge in [0.15, 0.2) is 5.75 Å². The summed E-state index contributed by atoms with van der Waals surface area (Å²) in [6, 6.07) is 8.32. The molecule has 0 atom stereocenters. The fourth-order valence-electron chi connectivity index (χ4n) is 1.76. The van der Waals surface area contributed by atoms with Gasteiger partial charge in [0.05, 0.1) is 12.4 Å². The molecule has 18 heavy (non-hydrogen) atoms. The molecule has 0 amide bonds. The van der Waals surface area contributed by atoms with Crippen LogP contribution in [0.1, 0.15) is 18.1 Å². The highest BCUT2D eigenvalue weighted by atomic mass is 16.5. The first kappa shape index (κ1) is 12.6. The van der Waals surface area contributed by atoms with Crippen molar-refractivity contribution in [2.75, 3.05) is 6.54 Å². The maximum absolute atomic E-state index is 5.72. The van der Waals surface area contributed by atoms with Crippen LogP contribution >= 0.6 is 0 Å². The second-order valence-electron chi connectivity index (χ2n) is 4.19. The Morgan fingerprint density at radius 2 is 2.06 bits per heavy atom. The van der Waals surface area contributed by atoms with Crippen molar-refractivity contribution in [3.63, 3.8) is 0 Å². The SMILES string of the molecule is CCNCc1ccccc1COc1cnn(C)c1. The maximum atomic E-state index is 5.72. The molecule has 0 aliphatic carbocycles. The second kappa shape index (κ2) is 6.21. The van der Waals surface area contributed by atoms with E-state index in [1.165, 1.54) is 11.1 Å². The van der Waals surface area contributed by atoms with E-state index in [0.29, 0.717) is 6.61 Å². The molecule has 2 rings (SSSR count). The van der Waals surface area contributed by atoms with Crippen LogP contribution in [0.15, 0.2) is 36.7 Å². The van der Waals surface area contributed by atoms with Gasteiger partial charge in [0.25, 0.3) is 0 Å². The smallest absolute Gasteiger partial charge is 0.157 e. The molecular formula is C14H19N3O.